The summed E-state index contributed by atoms with van der Waals surface area (Å²) in [5.74, 6) is -1.04. The molecule has 1 saturated carbocycles. The van der Waals surface area contributed by atoms with Crippen LogP contribution in [0, 0.1) is 5.92 Å². The molecule has 1 heterocycles. The molecule has 7 nitrogen and oxygen atoms in total. The van der Waals surface area contributed by atoms with E-state index in [4.69, 9.17) is 14.3 Å². The van der Waals surface area contributed by atoms with Crippen molar-refractivity contribution in [2.24, 2.45) is 5.92 Å². The van der Waals surface area contributed by atoms with Crippen LogP contribution in [-0.4, -0.2) is 65.9 Å². The number of esters is 1. The maximum Gasteiger partial charge on any atom is 0.313 e. The van der Waals surface area contributed by atoms with Crippen LogP contribution in [0.1, 0.15) is 12.0 Å². The molecule has 1 aliphatic carbocycles. The molecule has 24 heavy (non-hydrogen) atoms. The molecule has 0 spiro atoms. The van der Waals surface area contributed by atoms with E-state index in [0.717, 1.165) is 5.56 Å². The van der Waals surface area contributed by atoms with Crippen molar-refractivity contribution in [2.75, 3.05) is 14.2 Å². The van der Waals surface area contributed by atoms with Gasteiger partial charge < -0.3 is 19.7 Å². The smallest absolute Gasteiger partial charge is 0.313 e. The van der Waals surface area contributed by atoms with Gasteiger partial charge in [0.25, 0.3) is 0 Å². The van der Waals surface area contributed by atoms with E-state index in [1.54, 1.807) is 7.05 Å². The number of hydrogen-bond acceptors (Lipinski definition) is 7. The van der Waals surface area contributed by atoms with Crippen molar-refractivity contribution in [3.8, 4) is 0 Å². The Bertz CT molecular complexity index is 567. The van der Waals surface area contributed by atoms with Crippen molar-refractivity contribution in [3.63, 3.8) is 0 Å². The second-order valence-electron chi connectivity index (χ2n) is 6.28. The summed E-state index contributed by atoms with van der Waals surface area (Å²) in [6.45, 7) is 0.262. The summed E-state index contributed by atoms with van der Waals surface area (Å²) in [5.41, 5.74) is 0.941. The molecular weight excluding hydrogens is 314 g/mol. The minimum Gasteiger partial charge on any atom is -0.469 e. The Morgan fingerprint density at radius 1 is 1.33 bits per heavy atom. The molecule has 6 atom stereocenters. The Kier molecular flexibility index (Phi) is 5.17. The maximum absolute atomic E-state index is 12.2. The zero-order valence-electron chi connectivity index (χ0n) is 13.7. The van der Waals surface area contributed by atoms with Crippen molar-refractivity contribution < 1.29 is 29.3 Å². The first-order valence-corrected chi connectivity index (χ1v) is 8.02. The fourth-order valence-electron chi connectivity index (χ4n) is 3.59. The zero-order chi connectivity index (χ0) is 17.3. The summed E-state index contributed by atoms with van der Waals surface area (Å²) in [4.78, 5) is 17.9. The number of likely N-dealkylation sites (N-methyl/N-ethyl adjacent to an activating group) is 1. The number of methoxy groups -OCH3 is 1. The SMILES string of the molecule is COC(=O)[C@@H]1[C@H]2[C@@H](OCc3ccccc3)[C@@H](O)[C@H](O)C[C@@H]1ON2C. The highest BCUT2D eigenvalue weighted by Gasteiger charge is 2.56. The zero-order valence-corrected chi connectivity index (χ0v) is 13.7. The largest absolute Gasteiger partial charge is 0.469 e. The number of fused-ring (bicyclic) bond motifs is 2. The lowest BCUT2D eigenvalue weighted by molar-refractivity contribution is -0.210. The number of carbonyl (C=O) groups is 1. The van der Waals surface area contributed by atoms with Gasteiger partial charge in [-0.1, -0.05) is 30.3 Å². The highest BCUT2D eigenvalue weighted by Crippen LogP contribution is 2.38. The maximum atomic E-state index is 12.2. The van der Waals surface area contributed by atoms with Crippen molar-refractivity contribution in [1.82, 2.24) is 5.06 Å². The van der Waals surface area contributed by atoms with Gasteiger partial charge in [0.1, 0.15) is 18.1 Å². The quantitative estimate of drug-likeness (QED) is 0.754. The predicted octanol–water partition coefficient (Wildman–Crippen LogP) is 0.101. The molecule has 0 unspecified atom stereocenters. The van der Waals surface area contributed by atoms with Gasteiger partial charge in [-0.3, -0.25) is 9.63 Å². The van der Waals surface area contributed by atoms with Gasteiger partial charge in [0.2, 0.25) is 0 Å². The van der Waals surface area contributed by atoms with Crippen molar-refractivity contribution in [1.29, 1.82) is 0 Å². The average Bonchev–Trinajstić information content (AvgIpc) is 2.85. The molecule has 2 N–H and O–H groups in total. The minimum absolute atomic E-state index is 0.146. The first-order chi connectivity index (χ1) is 11.5. The van der Waals surface area contributed by atoms with Gasteiger partial charge in [0.05, 0.1) is 32.0 Å². The van der Waals surface area contributed by atoms with Gasteiger partial charge in [-0.15, -0.1) is 0 Å². The fourth-order valence-corrected chi connectivity index (χ4v) is 3.59. The molecule has 0 aromatic heterocycles. The Morgan fingerprint density at radius 3 is 2.71 bits per heavy atom. The molecule has 1 aromatic carbocycles. The third-order valence-corrected chi connectivity index (χ3v) is 4.79. The molecule has 3 rings (SSSR count). The number of carbonyl (C=O) groups excluding carboxylic acids is 1. The van der Waals surface area contributed by atoms with Crippen molar-refractivity contribution in [2.45, 2.75) is 43.5 Å². The monoisotopic (exact) mass is 337 g/mol. The van der Waals surface area contributed by atoms with Crippen LogP contribution in [0.4, 0.5) is 0 Å². The number of aliphatic hydroxyl groups is 2. The number of ether oxygens (including phenoxy) is 2. The van der Waals surface area contributed by atoms with Crippen molar-refractivity contribution in [3.05, 3.63) is 35.9 Å². The Hall–Kier alpha value is -1.51. The molecule has 132 valence electrons. The lowest BCUT2D eigenvalue weighted by Crippen LogP contribution is -2.52. The van der Waals surface area contributed by atoms with Gasteiger partial charge in [0.15, 0.2) is 0 Å². The Labute approximate surface area is 140 Å². The molecule has 2 bridgehead atoms. The van der Waals surface area contributed by atoms with E-state index >= 15 is 0 Å². The van der Waals surface area contributed by atoms with E-state index < -0.39 is 42.3 Å². The van der Waals surface area contributed by atoms with Gasteiger partial charge in [-0.25, -0.2) is 0 Å². The van der Waals surface area contributed by atoms with E-state index in [-0.39, 0.29) is 13.0 Å². The van der Waals surface area contributed by atoms with Crippen LogP contribution in [-0.2, 0) is 25.7 Å². The summed E-state index contributed by atoms with van der Waals surface area (Å²) < 4.78 is 10.8. The summed E-state index contributed by atoms with van der Waals surface area (Å²) in [7, 11) is 3.02. The second kappa shape index (κ2) is 7.16. The Morgan fingerprint density at radius 2 is 2.04 bits per heavy atom. The van der Waals surface area contributed by atoms with Crippen LogP contribution in [0.2, 0.25) is 0 Å². The number of nitrogens with zero attached hydrogens (tertiary/aromatic N) is 1. The van der Waals surface area contributed by atoms with Crippen LogP contribution in [0.25, 0.3) is 0 Å². The number of benzene rings is 1. The molecule has 7 heteroatoms. The van der Waals surface area contributed by atoms with E-state index in [1.165, 1.54) is 12.2 Å². The van der Waals surface area contributed by atoms with Crippen molar-refractivity contribution >= 4 is 5.97 Å². The molecule has 1 aromatic rings. The van der Waals surface area contributed by atoms with Crippen LogP contribution in [0.5, 0.6) is 0 Å². The fraction of sp³-hybridized carbons (Fsp3) is 0.588. The predicted molar refractivity (Wildman–Crippen MR) is 83.6 cm³/mol. The van der Waals surface area contributed by atoms with Gasteiger partial charge in [0, 0.05) is 13.5 Å². The molecule has 2 aliphatic rings. The van der Waals surface area contributed by atoms with Crippen LogP contribution < -0.4 is 0 Å². The first-order valence-electron chi connectivity index (χ1n) is 8.02. The lowest BCUT2D eigenvalue weighted by Gasteiger charge is -2.34. The number of rotatable bonds is 4. The molecule has 1 saturated heterocycles. The summed E-state index contributed by atoms with van der Waals surface area (Å²) in [6.07, 6.45) is -3.31. The third kappa shape index (κ3) is 3.18. The van der Waals surface area contributed by atoms with Gasteiger partial charge >= 0.3 is 5.97 Å². The van der Waals surface area contributed by atoms with E-state index in [1.807, 2.05) is 30.3 Å². The molecular formula is C17H23NO6. The topological polar surface area (TPSA) is 88.5 Å². The van der Waals surface area contributed by atoms with E-state index in [2.05, 4.69) is 0 Å². The average molecular weight is 337 g/mol. The highest BCUT2D eigenvalue weighted by atomic mass is 16.7. The van der Waals surface area contributed by atoms with Crippen LogP contribution >= 0.6 is 0 Å². The summed E-state index contributed by atoms with van der Waals surface area (Å²) in [5, 5.41) is 22.3. The molecule has 1 aliphatic heterocycles. The number of hydroxylamine groups is 2. The molecule has 0 radical (unpaired) electrons. The van der Waals surface area contributed by atoms with Crippen LogP contribution in [0.3, 0.4) is 0 Å². The molecule has 2 fully saturated rings. The second-order valence-corrected chi connectivity index (χ2v) is 6.28. The first kappa shape index (κ1) is 17.3. The Balaban J connectivity index is 1.84. The normalized spacial score (nSPS) is 36.3. The standard InChI is InChI=1S/C17H23NO6/c1-18-14-13(17(21)22-2)12(24-18)8-11(19)15(20)16(14)23-9-10-6-4-3-5-7-10/h3-7,11-16,19-20H,8-9H2,1-2H3/t11-,12+,13+,14+,15+,16-/m1/s1. The van der Waals surface area contributed by atoms with Crippen LogP contribution in [0.15, 0.2) is 30.3 Å². The van der Waals surface area contributed by atoms with E-state index in [9.17, 15) is 15.0 Å². The lowest BCUT2D eigenvalue weighted by atomic mass is 9.92. The highest BCUT2D eigenvalue weighted by molar-refractivity contribution is 5.74. The summed E-state index contributed by atoms with van der Waals surface area (Å²) >= 11 is 0. The summed E-state index contributed by atoms with van der Waals surface area (Å²) in [6, 6.07) is 9.00. The third-order valence-electron chi connectivity index (χ3n) is 4.79. The number of hydrogen-bond donors (Lipinski definition) is 2. The molecule has 0 amide bonds. The number of aliphatic hydroxyl groups excluding tert-OH is 2. The van der Waals surface area contributed by atoms with Gasteiger partial charge in [-0.05, 0) is 5.56 Å². The van der Waals surface area contributed by atoms with E-state index in [0.29, 0.717) is 0 Å². The van der Waals surface area contributed by atoms with Gasteiger partial charge in [-0.2, -0.15) is 5.06 Å². The minimum atomic E-state index is -1.11.